The molecule has 3 nitrogen and oxygen atoms in total. The zero-order valence-corrected chi connectivity index (χ0v) is 12.9. The monoisotopic (exact) mass is 366 g/mol. The third kappa shape index (κ3) is 3.98. The Hall–Kier alpha value is -2.00. The highest BCUT2D eigenvalue weighted by Crippen LogP contribution is 2.49. The van der Waals surface area contributed by atoms with E-state index in [1.807, 2.05) is 0 Å². The quantitative estimate of drug-likeness (QED) is 0.473. The fourth-order valence-electron chi connectivity index (χ4n) is 2.32. The number of anilines is 1. The highest BCUT2D eigenvalue weighted by Gasteiger charge is 2.73. The Morgan fingerprint density at radius 2 is 1.60 bits per heavy atom. The molecule has 0 aromatic heterocycles. The Bertz CT molecular complexity index is 670. The second-order valence-corrected chi connectivity index (χ2v) is 5.77. The van der Waals surface area contributed by atoms with Crippen LogP contribution in [0.1, 0.15) is 12.0 Å². The van der Waals surface area contributed by atoms with Crippen molar-refractivity contribution in [2.45, 2.75) is 36.5 Å². The predicted octanol–water partition coefficient (Wildman–Crippen LogP) is 3.86. The molecule has 0 spiro atoms. The average molecular weight is 366 g/mol. The van der Waals surface area contributed by atoms with E-state index in [1.165, 1.54) is 30.4 Å². The summed E-state index contributed by atoms with van der Waals surface area (Å²) < 4.78 is 85.9. The molecule has 4 N–H and O–H groups in total. The molecule has 0 heterocycles. The number of hydrogen-bond acceptors (Lipinski definition) is 3. The van der Waals surface area contributed by atoms with Gasteiger partial charge in [0, 0.05) is 18.5 Å². The number of hydrogen-bond donors (Lipinski definition) is 2. The first kappa shape index (κ1) is 19.3. The molecule has 2 rings (SSSR count). The van der Waals surface area contributed by atoms with E-state index >= 15 is 4.39 Å². The second-order valence-electron chi connectivity index (χ2n) is 5.77. The molecule has 138 valence electrons. The molecule has 0 saturated heterocycles. The zero-order valence-electron chi connectivity index (χ0n) is 12.9. The maximum Gasteiger partial charge on any atom is 0.459 e. The molecule has 0 aliphatic heterocycles. The molecule has 0 bridgehead atoms. The Kier molecular flexibility index (Phi) is 4.93. The first-order valence-electron chi connectivity index (χ1n) is 7.20. The SMILES string of the molecule is Nc1ccc(CC(F)(OC2(N)C=CC=CC2)C(F)(F)C(F)(F)F)cc1. The normalized spacial score (nSPS) is 23.5. The van der Waals surface area contributed by atoms with Crippen molar-refractivity contribution in [1.82, 2.24) is 0 Å². The first-order valence-corrected chi connectivity index (χ1v) is 7.20. The Labute approximate surface area is 139 Å². The Morgan fingerprint density at radius 1 is 1.00 bits per heavy atom. The molecule has 0 radical (unpaired) electrons. The van der Waals surface area contributed by atoms with E-state index in [2.05, 4.69) is 4.74 Å². The van der Waals surface area contributed by atoms with Gasteiger partial charge in [0.2, 0.25) is 0 Å². The van der Waals surface area contributed by atoms with Crippen molar-refractivity contribution in [3.05, 3.63) is 54.1 Å². The molecule has 1 aromatic carbocycles. The molecule has 0 amide bonds. The van der Waals surface area contributed by atoms with Crippen LogP contribution in [0.2, 0.25) is 0 Å². The summed E-state index contributed by atoms with van der Waals surface area (Å²) in [5.41, 5.74) is 9.02. The topological polar surface area (TPSA) is 61.3 Å². The molecule has 2 unspecified atom stereocenters. The van der Waals surface area contributed by atoms with E-state index in [1.54, 1.807) is 0 Å². The molecule has 1 aromatic rings. The minimum atomic E-state index is -6.17. The van der Waals surface area contributed by atoms with Gasteiger partial charge in [-0.25, -0.2) is 4.39 Å². The predicted molar refractivity (Wildman–Crippen MR) is 80.3 cm³/mol. The lowest BCUT2D eigenvalue weighted by atomic mass is 9.97. The van der Waals surface area contributed by atoms with Gasteiger partial charge in [-0.15, -0.1) is 0 Å². The fraction of sp³-hybridized carbons (Fsp3) is 0.375. The molecule has 2 atom stereocenters. The molecule has 0 saturated carbocycles. The highest BCUT2D eigenvalue weighted by atomic mass is 19.4. The minimum Gasteiger partial charge on any atom is -0.399 e. The fourth-order valence-corrected chi connectivity index (χ4v) is 2.32. The van der Waals surface area contributed by atoms with Gasteiger partial charge in [0.15, 0.2) is 0 Å². The van der Waals surface area contributed by atoms with Crippen LogP contribution in [0, 0.1) is 0 Å². The van der Waals surface area contributed by atoms with Crippen molar-refractivity contribution in [2.24, 2.45) is 5.73 Å². The number of nitrogen functional groups attached to an aromatic ring is 1. The van der Waals surface area contributed by atoms with E-state index in [-0.39, 0.29) is 17.7 Å². The van der Waals surface area contributed by atoms with Crippen LogP contribution in [0.4, 0.5) is 32.0 Å². The van der Waals surface area contributed by atoms with E-state index < -0.39 is 30.1 Å². The smallest absolute Gasteiger partial charge is 0.399 e. The van der Waals surface area contributed by atoms with Crippen molar-refractivity contribution in [3.8, 4) is 0 Å². The summed E-state index contributed by atoms with van der Waals surface area (Å²) in [4.78, 5) is 0. The van der Waals surface area contributed by atoms with Crippen molar-refractivity contribution < 1.29 is 31.1 Å². The Balaban J connectivity index is 2.41. The van der Waals surface area contributed by atoms with Gasteiger partial charge in [0.25, 0.3) is 5.85 Å². The zero-order chi connectivity index (χ0) is 18.9. The van der Waals surface area contributed by atoms with Gasteiger partial charge in [-0.2, -0.15) is 22.0 Å². The lowest BCUT2D eigenvalue weighted by molar-refractivity contribution is -0.396. The van der Waals surface area contributed by atoms with Gasteiger partial charge in [-0.3, -0.25) is 5.73 Å². The molecule has 1 aliphatic rings. The van der Waals surface area contributed by atoms with Crippen LogP contribution in [0.25, 0.3) is 0 Å². The lowest BCUT2D eigenvalue weighted by Gasteiger charge is -2.40. The van der Waals surface area contributed by atoms with Crippen LogP contribution in [0.5, 0.6) is 0 Å². The van der Waals surface area contributed by atoms with E-state index in [9.17, 15) is 22.0 Å². The van der Waals surface area contributed by atoms with Crippen LogP contribution in [-0.2, 0) is 11.2 Å². The van der Waals surface area contributed by atoms with Gasteiger partial charge >= 0.3 is 12.1 Å². The molecule has 0 fully saturated rings. The van der Waals surface area contributed by atoms with E-state index in [0.717, 1.165) is 18.2 Å². The van der Waals surface area contributed by atoms with Crippen molar-refractivity contribution in [2.75, 3.05) is 5.73 Å². The molecule has 9 heteroatoms. The van der Waals surface area contributed by atoms with Crippen LogP contribution in [0.3, 0.4) is 0 Å². The van der Waals surface area contributed by atoms with Gasteiger partial charge in [-0.1, -0.05) is 30.4 Å². The lowest BCUT2D eigenvalue weighted by Crippen LogP contribution is -2.62. The van der Waals surface area contributed by atoms with Crippen LogP contribution < -0.4 is 11.5 Å². The van der Waals surface area contributed by atoms with E-state index in [0.29, 0.717) is 0 Å². The van der Waals surface area contributed by atoms with Crippen LogP contribution >= 0.6 is 0 Å². The summed E-state index contributed by atoms with van der Waals surface area (Å²) in [5.74, 6) is -10.2. The van der Waals surface area contributed by atoms with Gasteiger partial charge < -0.3 is 10.5 Å². The maximum absolute atomic E-state index is 15.0. The average Bonchev–Trinajstić information content (AvgIpc) is 2.48. The summed E-state index contributed by atoms with van der Waals surface area (Å²) in [5, 5.41) is 0. The molecule has 25 heavy (non-hydrogen) atoms. The number of rotatable bonds is 5. The summed E-state index contributed by atoms with van der Waals surface area (Å²) >= 11 is 0. The summed E-state index contributed by atoms with van der Waals surface area (Å²) in [7, 11) is 0. The molecule has 1 aliphatic carbocycles. The van der Waals surface area contributed by atoms with Crippen LogP contribution in [0.15, 0.2) is 48.6 Å². The van der Waals surface area contributed by atoms with Crippen molar-refractivity contribution >= 4 is 5.69 Å². The maximum atomic E-state index is 15.0. The number of allylic oxidation sites excluding steroid dienone is 2. The third-order valence-corrected chi connectivity index (χ3v) is 3.65. The largest absolute Gasteiger partial charge is 0.459 e. The standard InChI is InChI=1S/C16H16F6N2O/c17-14(15(18,19)16(20,21)22,10-11-4-6-12(23)7-5-11)25-13(24)8-2-1-3-9-13/h1-8H,9-10,23-24H2. The summed E-state index contributed by atoms with van der Waals surface area (Å²) in [6, 6.07) is 4.78. The van der Waals surface area contributed by atoms with Crippen molar-refractivity contribution in [3.63, 3.8) is 0 Å². The van der Waals surface area contributed by atoms with Crippen molar-refractivity contribution in [1.29, 1.82) is 0 Å². The number of halogens is 6. The molecular weight excluding hydrogens is 350 g/mol. The van der Waals surface area contributed by atoms with E-state index in [4.69, 9.17) is 11.5 Å². The second kappa shape index (κ2) is 6.38. The van der Waals surface area contributed by atoms with Gasteiger partial charge in [0.1, 0.15) is 5.72 Å². The molecular formula is C16H16F6N2O. The number of ether oxygens (including phenoxy) is 1. The van der Waals surface area contributed by atoms with Crippen LogP contribution in [-0.4, -0.2) is 23.7 Å². The number of benzene rings is 1. The summed E-state index contributed by atoms with van der Waals surface area (Å²) in [6.07, 6.45) is -2.64. The third-order valence-electron chi connectivity index (χ3n) is 3.65. The minimum absolute atomic E-state index is 0.153. The first-order chi connectivity index (χ1) is 11.4. The Morgan fingerprint density at radius 3 is 2.08 bits per heavy atom. The summed E-state index contributed by atoms with van der Waals surface area (Å²) in [6.45, 7) is 0. The number of nitrogens with two attached hydrogens (primary N) is 2. The number of alkyl halides is 6. The van der Waals surface area contributed by atoms with Gasteiger partial charge in [-0.05, 0) is 23.8 Å². The van der Waals surface area contributed by atoms with Gasteiger partial charge in [0.05, 0.1) is 0 Å². The highest BCUT2D eigenvalue weighted by molar-refractivity contribution is 5.39.